The molecule has 0 aromatic carbocycles. The van der Waals surface area contributed by atoms with Gasteiger partial charge in [-0.1, -0.05) is 12.8 Å². The van der Waals surface area contributed by atoms with E-state index in [1.54, 1.807) is 4.57 Å². The Morgan fingerprint density at radius 3 is 2.62 bits per heavy atom. The lowest BCUT2D eigenvalue weighted by atomic mass is 10.1. The molecule has 1 aliphatic heterocycles. The number of nitrogens with one attached hydrogen (secondary N) is 2. The van der Waals surface area contributed by atoms with Crippen molar-refractivity contribution in [1.29, 1.82) is 0 Å². The Balaban J connectivity index is 1.56. The van der Waals surface area contributed by atoms with E-state index >= 15 is 0 Å². The van der Waals surface area contributed by atoms with Gasteiger partial charge in [0, 0.05) is 13.0 Å². The van der Waals surface area contributed by atoms with Crippen LogP contribution in [-0.2, 0) is 15.4 Å². The van der Waals surface area contributed by atoms with Crippen LogP contribution >= 0.6 is 0 Å². The molecular weight excluding hydrogens is 435 g/mol. The highest BCUT2D eigenvalue weighted by molar-refractivity contribution is 5.81. The standard InChI is InChI=1S/C18H26F3N7O4/c19-18(20,21)16(31)23-5-3-1-2-4-6-27-17(7-11(30)12(8-29)32-17)28-10-26-13-14(22)24-9-25-15(13)28/h9-12,27,29-30H,1-8H2,(H,23,31)(H2,22,24,25)/t11-,12+,17-/m0/s1. The number of aliphatic hydroxyl groups is 2. The number of aliphatic hydroxyl groups excluding tert-OH is 2. The zero-order chi connectivity index (χ0) is 23.4. The van der Waals surface area contributed by atoms with Crippen LogP contribution in [0.5, 0.6) is 0 Å². The molecule has 2 aromatic rings. The summed E-state index contributed by atoms with van der Waals surface area (Å²) in [7, 11) is 0. The molecule has 1 fully saturated rings. The van der Waals surface area contributed by atoms with Crippen LogP contribution in [0.2, 0.25) is 0 Å². The Bertz CT molecular complexity index is 926. The van der Waals surface area contributed by atoms with Gasteiger partial charge < -0.3 is 26.0 Å². The Hall–Kier alpha value is -2.55. The Morgan fingerprint density at radius 2 is 1.97 bits per heavy atom. The number of imidazole rings is 1. The molecule has 178 valence electrons. The van der Waals surface area contributed by atoms with Crippen LogP contribution in [0.4, 0.5) is 19.0 Å². The fourth-order valence-electron chi connectivity index (χ4n) is 3.61. The number of alkyl halides is 3. The quantitative estimate of drug-likeness (QED) is 0.307. The summed E-state index contributed by atoms with van der Waals surface area (Å²) in [6.45, 7) is 0.0172. The van der Waals surface area contributed by atoms with E-state index < -0.39 is 30.1 Å². The van der Waals surface area contributed by atoms with Crippen LogP contribution in [-0.4, -0.2) is 73.7 Å². The number of nitrogens with zero attached hydrogens (tertiary/aromatic N) is 4. The van der Waals surface area contributed by atoms with Crippen molar-refractivity contribution in [2.24, 2.45) is 0 Å². The molecule has 0 bridgehead atoms. The van der Waals surface area contributed by atoms with Crippen LogP contribution in [0, 0.1) is 0 Å². The number of aromatic nitrogens is 4. The SMILES string of the molecule is Nc1ncnc2c1ncn2[C@@]1(NCCCCCCNC(=O)C(F)(F)F)C[C@H](O)[C@@H](CO)O1. The maximum absolute atomic E-state index is 12.1. The number of rotatable bonds is 10. The van der Waals surface area contributed by atoms with E-state index in [1.807, 2.05) is 5.32 Å². The van der Waals surface area contributed by atoms with Gasteiger partial charge in [0.1, 0.15) is 24.3 Å². The molecule has 6 N–H and O–H groups in total. The number of nitrogens with two attached hydrogens (primary N) is 1. The lowest BCUT2D eigenvalue weighted by Gasteiger charge is -2.32. The first kappa shape index (κ1) is 24.1. The van der Waals surface area contributed by atoms with Gasteiger partial charge in [0.25, 0.3) is 0 Å². The number of anilines is 1. The van der Waals surface area contributed by atoms with Gasteiger partial charge in [-0.25, -0.2) is 15.0 Å². The molecule has 3 rings (SSSR count). The second-order valence-electron chi connectivity index (χ2n) is 7.54. The van der Waals surface area contributed by atoms with Crippen molar-refractivity contribution in [3.8, 4) is 0 Å². The summed E-state index contributed by atoms with van der Waals surface area (Å²) in [5, 5.41) is 24.9. The Labute approximate surface area is 181 Å². The molecule has 0 unspecified atom stereocenters. The van der Waals surface area contributed by atoms with E-state index in [4.69, 9.17) is 10.5 Å². The highest BCUT2D eigenvalue weighted by atomic mass is 19.4. The van der Waals surface area contributed by atoms with Gasteiger partial charge in [-0.15, -0.1) is 0 Å². The molecule has 0 spiro atoms. The van der Waals surface area contributed by atoms with Crippen molar-refractivity contribution >= 4 is 22.9 Å². The Kier molecular flexibility index (Phi) is 7.48. The largest absolute Gasteiger partial charge is 0.471 e. The fraction of sp³-hybridized carbons (Fsp3) is 0.667. The van der Waals surface area contributed by atoms with E-state index in [2.05, 4.69) is 20.3 Å². The molecule has 1 aliphatic rings. The summed E-state index contributed by atoms with van der Waals surface area (Å²) in [4.78, 5) is 23.1. The molecule has 0 saturated carbocycles. The number of carbonyl (C=O) groups is 1. The molecular formula is C18H26F3N7O4. The maximum Gasteiger partial charge on any atom is 0.471 e. The second kappa shape index (κ2) is 9.94. The molecule has 1 amide bonds. The number of ether oxygens (including phenoxy) is 1. The van der Waals surface area contributed by atoms with Crippen LogP contribution in [0.3, 0.4) is 0 Å². The number of amides is 1. The fourth-order valence-corrected chi connectivity index (χ4v) is 3.61. The molecule has 32 heavy (non-hydrogen) atoms. The Morgan fingerprint density at radius 1 is 1.25 bits per heavy atom. The first-order valence-electron chi connectivity index (χ1n) is 10.2. The lowest BCUT2D eigenvalue weighted by Crippen LogP contribution is -2.48. The van der Waals surface area contributed by atoms with Crippen LogP contribution in [0.1, 0.15) is 32.1 Å². The summed E-state index contributed by atoms with van der Waals surface area (Å²) < 4.78 is 44.0. The van der Waals surface area contributed by atoms with Gasteiger partial charge in [0.05, 0.1) is 12.7 Å². The van der Waals surface area contributed by atoms with Crippen molar-refractivity contribution in [1.82, 2.24) is 30.2 Å². The molecule has 2 aromatic heterocycles. The lowest BCUT2D eigenvalue weighted by molar-refractivity contribution is -0.173. The molecule has 11 nitrogen and oxygen atoms in total. The third-order valence-corrected chi connectivity index (χ3v) is 5.24. The van der Waals surface area contributed by atoms with E-state index in [0.717, 1.165) is 0 Å². The predicted molar refractivity (Wildman–Crippen MR) is 106 cm³/mol. The topological polar surface area (TPSA) is 160 Å². The maximum atomic E-state index is 12.1. The first-order chi connectivity index (χ1) is 15.2. The van der Waals surface area contributed by atoms with Crippen molar-refractivity contribution in [2.75, 3.05) is 25.4 Å². The number of carbonyl (C=O) groups excluding carboxylic acids is 1. The smallest absolute Gasteiger partial charge is 0.394 e. The first-order valence-corrected chi connectivity index (χ1v) is 10.2. The predicted octanol–water partition coefficient (Wildman–Crippen LogP) is -0.0106. The zero-order valence-corrected chi connectivity index (χ0v) is 17.2. The number of nitrogen functional groups attached to an aromatic ring is 1. The zero-order valence-electron chi connectivity index (χ0n) is 17.2. The third-order valence-electron chi connectivity index (χ3n) is 5.24. The number of unbranched alkanes of at least 4 members (excludes halogenated alkanes) is 3. The normalized spacial score (nSPS) is 23.7. The van der Waals surface area contributed by atoms with Gasteiger partial charge in [-0.05, 0) is 19.4 Å². The van der Waals surface area contributed by atoms with E-state index in [1.165, 1.54) is 12.7 Å². The minimum Gasteiger partial charge on any atom is -0.394 e. The summed E-state index contributed by atoms with van der Waals surface area (Å²) in [6, 6.07) is 0. The van der Waals surface area contributed by atoms with Gasteiger partial charge in [-0.2, -0.15) is 13.2 Å². The van der Waals surface area contributed by atoms with Gasteiger partial charge in [0.2, 0.25) is 5.85 Å². The third kappa shape index (κ3) is 5.26. The summed E-state index contributed by atoms with van der Waals surface area (Å²) in [5.74, 6) is -2.96. The second-order valence-corrected chi connectivity index (χ2v) is 7.54. The number of hydrogen-bond donors (Lipinski definition) is 5. The van der Waals surface area contributed by atoms with Crippen molar-refractivity contribution in [3.05, 3.63) is 12.7 Å². The summed E-state index contributed by atoms with van der Waals surface area (Å²) >= 11 is 0. The minimum absolute atomic E-state index is 0.0503. The monoisotopic (exact) mass is 461 g/mol. The van der Waals surface area contributed by atoms with Crippen molar-refractivity contribution < 1.29 is 32.9 Å². The van der Waals surface area contributed by atoms with Crippen LogP contribution in [0.15, 0.2) is 12.7 Å². The van der Waals surface area contributed by atoms with E-state index in [9.17, 15) is 28.2 Å². The molecule has 14 heteroatoms. The van der Waals surface area contributed by atoms with Gasteiger partial charge in [-0.3, -0.25) is 14.7 Å². The van der Waals surface area contributed by atoms with Crippen molar-refractivity contribution in [2.45, 2.75) is 56.3 Å². The number of halogens is 3. The van der Waals surface area contributed by atoms with Crippen LogP contribution in [0.25, 0.3) is 11.2 Å². The summed E-state index contributed by atoms with van der Waals surface area (Å²) in [6.07, 6.45) is -1.35. The molecule has 3 atom stereocenters. The highest BCUT2D eigenvalue weighted by Gasteiger charge is 2.48. The van der Waals surface area contributed by atoms with E-state index in [0.29, 0.717) is 43.4 Å². The average Bonchev–Trinajstić information content (AvgIpc) is 3.31. The van der Waals surface area contributed by atoms with Crippen LogP contribution < -0.4 is 16.4 Å². The highest BCUT2D eigenvalue weighted by Crippen LogP contribution is 2.35. The van der Waals surface area contributed by atoms with Gasteiger partial charge >= 0.3 is 12.1 Å². The summed E-state index contributed by atoms with van der Waals surface area (Å²) in [5.41, 5.74) is 6.62. The minimum atomic E-state index is -4.87. The molecule has 3 heterocycles. The van der Waals surface area contributed by atoms with E-state index in [-0.39, 0.29) is 25.4 Å². The number of fused-ring (bicyclic) bond motifs is 1. The average molecular weight is 461 g/mol. The van der Waals surface area contributed by atoms with Crippen molar-refractivity contribution in [3.63, 3.8) is 0 Å². The molecule has 0 aliphatic carbocycles. The molecule has 0 radical (unpaired) electrons. The number of hydrogen-bond acceptors (Lipinski definition) is 9. The van der Waals surface area contributed by atoms with Gasteiger partial charge in [0.15, 0.2) is 11.5 Å². The molecule has 1 saturated heterocycles.